The Morgan fingerprint density at radius 1 is 0.692 bits per heavy atom. The van der Waals surface area contributed by atoms with Gasteiger partial charge in [-0.05, 0) is 43.9 Å². The lowest BCUT2D eigenvalue weighted by Crippen LogP contribution is -2.11. The second-order valence-corrected chi connectivity index (χ2v) is 13.0. The zero-order valence-electron chi connectivity index (χ0n) is 16.7. The number of hydrogen-bond donors (Lipinski definition) is 0. The fourth-order valence-corrected chi connectivity index (χ4v) is 5.40. The lowest BCUT2D eigenvalue weighted by Gasteiger charge is -2.19. The molecular formula is C22H30O2S2. The molecule has 0 spiro atoms. The van der Waals surface area contributed by atoms with Crippen LogP contribution >= 0.6 is 10.8 Å². The van der Waals surface area contributed by atoms with Gasteiger partial charge in [0, 0.05) is 5.75 Å². The van der Waals surface area contributed by atoms with Gasteiger partial charge in [-0.1, -0.05) is 90.1 Å². The van der Waals surface area contributed by atoms with Crippen molar-refractivity contribution in [2.45, 2.75) is 63.9 Å². The monoisotopic (exact) mass is 390 g/mol. The maximum Gasteiger partial charge on any atom is 0.206 e. The Bertz CT molecular complexity index is 820. The molecule has 0 radical (unpaired) electrons. The SMILES string of the molecule is CC(C)(C)c1ccc(CSS(=O)(=O)Cc2ccc(C(C)(C)C)cc2)cc1. The molecule has 0 N–H and O–H groups in total. The smallest absolute Gasteiger partial charge is 0.206 e. The Labute approximate surface area is 162 Å². The van der Waals surface area contributed by atoms with E-state index >= 15 is 0 Å². The molecule has 0 heterocycles. The second-order valence-electron chi connectivity index (χ2n) is 8.86. The first-order valence-electron chi connectivity index (χ1n) is 8.93. The largest absolute Gasteiger partial charge is 0.217 e. The summed E-state index contributed by atoms with van der Waals surface area (Å²) < 4.78 is 24.9. The molecule has 0 aliphatic rings. The van der Waals surface area contributed by atoms with E-state index in [2.05, 4.69) is 53.7 Å². The third-order valence-corrected chi connectivity index (χ3v) is 7.67. The first-order valence-corrected chi connectivity index (χ1v) is 12.1. The molecule has 2 nitrogen and oxygen atoms in total. The average Bonchev–Trinajstić information content (AvgIpc) is 2.52. The first kappa shape index (κ1) is 21.0. The molecule has 26 heavy (non-hydrogen) atoms. The van der Waals surface area contributed by atoms with Crippen LogP contribution in [0.15, 0.2) is 48.5 Å². The van der Waals surface area contributed by atoms with Crippen molar-refractivity contribution in [1.82, 2.24) is 0 Å². The predicted octanol–water partition coefficient (Wildman–Crippen LogP) is 6.04. The number of hydrogen-bond acceptors (Lipinski definition) is 3. The van der Waals surface area contributed by atoms with E-state index in [1.165, 1.54) is 11.1 Å². The fourth-order valence-electron chi connectivity index (χ4n) is 2.61. The van der Waals surface area contributed by atoms with Crippen molar-refractivity contribution in [3.05, 3.63) is 70.8 Å². The normalized spacial score (nSPS) is 13.0. The van der Waals surface area contributed by atoms with Crippen molar-refractivity contribution < 1.29 is 8.42 Å². The van der Waals surface area contributed by atoms with E-state index in [9.17, 15) is 8.42 Å². The predicted molar refractivity (Wildman–Crippen MR) is 114 cm³/mol. The minimum Gasteiger partial charge on any atom is -0.217 e. The Balaban J connectivity index is 1.98. The summed E-state index contributed by atoms with van der Waals surface area (Å²) in [5, 5.41) is 0. The summed E-state index contributed by atoms with van der Waals surface area (Å²) in [7, 11) is -2.18. The Morgan fingerprint density at radius 2 is 1.08 bits per heavy atom. The van der Waals surface area contributed by atoms with Gasteiger partial charge in [0.25, 0.3) is 0 Å². The molecule has 142 valence electrons. The van der Waals surface area contributed by atoms with Crippen molar-refractivity contribution in [2.75, 3.05) is 0 Å². The molecule has 0 unspecified atom stereocenters. The van der Waals surface area contributed by atoms with Gasteiger partial charge in [-0.15, -0.1) is 0 Å². The zero-order valence-corrected chi connectivity index (χ0v) is 18.3. The first-order chi connectivity index (χ1) is 11.9. The van der Waals surface area contributed by atoms with Crippen LogP contribution in [0.2, 0.25) is 0 Å². The van der Waals surface area contributed by atoms with Gasteiger partial charge < -0.3 is 0 Å². The maximum absolute atomic E-state index is 12.4. The van der Waals surface area contributed by atoms with Gasteiger partial charge in [-0.3, -0.25) is 0 Å². The Morgan fingerprint density at radius 3 is 1.46 bits per heavy atom. The van der Waals surface area contributed by atoms with Crippen LogP contribution in [0.1, 0.15) is 63.8 Å². The van der Waals surface area contributed by atoms with Crippen LogP contribution in [-0.2, 0) is 31.2 Å². The highest BCUT2D eigenvalue weighted by atomic mass is 33.1. The van der Waals surface area contributed by atoms with Gasteiger partial charge >= 0.3 is 0 Å². The maximum atomic E-state index is 12.4. The van der Waals surface area contributed by atoms with Gasteiger partial charge in [0.15, 0.2) is 0 Å². The molecule has 0 aliphatic heterocycles. The molecule has 2 aromatic carbocycles. The van der Waals surface area contributed by atoms with Crippen LogP contribution in [0, 0.1) is 0 Å². The fraction of sp³-hybridized carbons (Fsp3) is 0.455. The van der Waals surface area contributed by atoms with Gasteiger partial charge in [0.2, 0.25) is 8.87 Å². The minimum atomic E-state index is -3.20. The Kier molecular flexibility index (Phi) is 6.29. The summed E-state index contributed by atoms with van der Waals surface area (Å²) in [4.78, 5) is 0. The molecule has 0 aliphatic carbocycles. The van der Waals surface area contributed by atoms with Crippen molar-refractivity contribution in [2.24, 2.45) is 0 Å². The molecule has 4 heteroatoms. The van der Waals surface area contributed by atoms with Crippen molar-refractivity contribution in [1.29, 1.82) is 0 Å². The van der Waals surface area contributed by atoms with E-state index in [0.29, 0.717) is 5.75 Å². The van der Waals surface area contributed by atoms with Crippen LogP contribution in [0.4, 0.5) is 0 Å². The van der Waals surface area contributed by atoms with Crippen LogP contribution in [0.25, 0.3) is 0 Å². The number of rotatable bonds is 5. The highest BCUT2D eigenvalue weighted by molar-refractivity contribution is 8.71. The molecule has 2 aromatic rings. The van der Waals surface area contributed by atoms with Crippen LogP contribution in [-0.4, -0.2) is 8.42 Å². The summed E-state index contributed by atoms with van der Waals surface area (Å²) in [6.45, 7) is 13.0. The molecule has 0 fully saturated rings. The summed E-state index contributed by atoms with van der Waals surface area (Å²) in [5.74, 6) is 0.551. The van der Waals surface area contributed by atoms with E-state index in [1.807, 2.05) is 36.4 Å². The van der Waals surface area contributed by atoms with E-state index in [-0.39, 0.29) is 16.6 Å². The topological polar surface area (TPSA) is 34.1 Å². The summed E-state index contributed by atoms with van der Waals surface area (Å²) in [6.07, 6.45) is 0. The van der Waals surface area contributed by atoms with Crippen molar-refractivity contribution >= 4 is 19.7 Å². The summed E-state index contributed by atoms with van der Waals surface area (Å²) in [6, 6.07) is 16.2. The molecule has 0 atom stereocenters. The standard InChI is InChI=1S/C22H30O2S2/c1-21(2,3)19-11-7-17(8-12-19)15-25-26(23,24)16-18-9-13-20(14-10-18)22(4,5)6/h7-14H,15-16H2,1-6H3. The third-order valence-electron chi connectivity index (χ3n) is 4.39. The van der Waals surface area contributed by atoms with E-state index in [1.54, 1.807) is 0 Å². The van der Waals surface area contributed by atoms with E-state index in [4.69, 9.17) is 0 Å². The summed E-state index contributed by atoms with van der Waals surface area (Å²) in [5.41, 5.74) is 4.53. The van der Waals surface area contributed by atoms with Crippen LogP contribution in [0.3, 0.4) is 0 Å². The second kappa shape index (κ2) is 7.77. The molecule has 0 saturated heterocycles. The van der Waals surface area contributed by atoms with Gasteiger partial charge in [-0.25, -0.2) is 8.42 Å². The van der Waals surface area contributed by atoms with Gasteiger partial charge in [0.05, 0.1) is 5.75 Å². The molecule has 0 amide bonds. The third kappa shape index (κ3) is 6.17. The van der Waals surface area contributed by atoms with E-state index < -0.39 is 8.87 Å². The van der Waals surface area contributed by atoms with Crippen LogP contribution < -0.4 is 0 Å². The van der Waals surface area contributed by atoms with E-state index in [0.717, 1.165) is 21.9 Å². The van der Waals surface area contributed by atoms with Crippen molar-refractivity contribution in [3.8, 4) is 0 Å². The van der Waals surface area contributed by atoms with Gasteiger partial charge in [0.1, 0.15) is 0 Å². The van der Waals surface area contributed by atoms with Gasteiger partial charge in [-0.2, -0.15) is 0 Å². The lowest BCUT2D eigenvalue weighted by atomic mass is 9.87. The minimum absolute atomic E-state index is 0.0716. The zero-order chi connectivity index (χ0) is 19.6. The molecule has 0 bridgehead atoms. The molecule has 0 aromatic heterocycles. The number of benzene rings is 2. The van der Waals surface area contributed by atoms with Crippen LogP contribution in [0.5, 0.6) is 0 Å². The Hall–Kier alpha value is -1.26. The molecule has 2 rings (SSSR count). The highest BCUT2D eigenvalue weighted by Gasteiger charge is 2.17. The lowest BCUT2D eigenvalue weighted by molar-refractivity contribution is 0.589. The average molecular weight is 391 g/mol. The molecule has 0 saturated carbocycles. The summed E-state index contributed by atoms with van der Waals surface area (Å²) >= 11 is 0. The molecular weight excluding hydrogens is 360 g/mol. The highest BCUT2D eigenvalue weighted by Crippen LogP contribution is 2.27. The van der Waals surface area contributed by atoms with Crippen molar-refractivity contribution in [3.63, 3.8) is 0 Å². The quantitative estimate of drug-likeness (QED) is 0.583.